The van der Waals surface area contributed by atoms with Crippen molar-refractivity contribution < 1.29 is 9.53 Å². The zero-order valence-electron chi connectivity index (χ0n) is 15.5. The summed E-state index contributed by atoms with van der Waals surface area (Å²) in [5.41, 5.74) is 5.68. The molecular formula is C21H26N2O2S. The van der Waals surface area contributed by atoms with Gasteiger partial charge >= 0.3 is 0 Å². The van der Waals surface area contributed by atoms with Crippen LogP contribution >= 0.6 is 11.8 Å². The highest BCUT2D eigenvalue weighted by Gasteiger charge is 2.13. The Morgan fingerprint density at radius 2 is 1.96 bits per heavy atom. The number of morpholine rings is 1. The highest BCUT2D eigenvalue weighted by Crippen LogP contribution is 2.24. The highest BCUT2D eigenvalue weighted by molar-refractivity contribution is 7.99. The fourth-order valence-corrected chi connectivity index (χ4v) is 3.83. The second-order valence-electron chi connectivity index (χ2n) is 6.63. The Balaban J connectivity index is 1.50. The largest absolute Gasteiger partial charge is 0.378 e. The molecule has 0 aliphatic carbocycles. The quantitative estimate of drug-likeness (QED) is 0.834. The van der Waals surface area contributed by atoms with Gasteiger partial charge in [0.05, 0.1) is 19.0 Å². The SMILES string of the molecule is Cc1cccc(CSCC(=O)Nc2ccc(N3CCOCC3)cc2C)c1. The zero-order chi connectivity index (χ0) is 18.4. The van der Waals surface area contributed by atoms with E-state index in [4.69, 9.17) is 4.74 Å². The summed E-state index contributed by atoms with van der Waals surface area (Å²) in [5, 5.41) is 3.04. The average molecular weight is 371 g/mol. The second-order valence-corrected chi connectivity index (χ2v) is 7.61. The lowest BCUT2D eigenvalue weighted by Gasteiger charge is -2.29. The number of benzene rings is 2. The van der Waals surface area contributed by atoms with Crippen LogP contribution < -0.4 is 10.2 Å². The molecule has 138 valence electrons. The van der Waals surface area contributed by atoms with Crippen molar-refractivity contribution >= 4 is 29.0 Å². The van der Waals surface area contributed by atoms with Crippen molar-refractivity contribution in [3.05, 3.63) is 59.2 Å². The molecule has 0 atom stereocenters. The van der Waals surface area contributed by atoms with Crippen LogP contribution in [0, 0.1) is 13.8 Å². The van der Waals surface area contributed by atoms with Gasteiger partial charge in [-0.25, -0.2) is 0 Å². The van der Waals surface area contributed by atoms with Crippen LogP contribution in [0.1, 0.15) is 16.7 Å². The number of anilines is 2. The molecule has 2 aromatic rings. The van der Waals surface area contributed by atoms with E-state index in [1.807, 2.05) is 13.0 Å². The average Bonchev–Trinajstić information content (AvgIpc) is 2.64. The molecule has 3 rings (SSSR count). The molecule has 1 aliphatic rings. The molecule has 0 aromatic heterocycles. The molecular weight excluding hydrogens is 344 g/mol. The molecule has 4 nitrogen and oxygen atoms in total. The molecule has 1 aliphatic heterocycles. The third-order valence-corrected chi connectivity index (χ3v) is 5.45. The number of hydrogen-bond acceptors (Lipinski definition) is 4. The van der Waals surface area contributed by atoms with E-state index in [-0.39, 0.29) is 5.91 Å². The van der Waals surface area contributed by atoms with Crippen molar-refractivity contribution in [1.29, 1.82) is 0 Å². The van der Waals surface area contributed by atoms with Crippen LogP contribution in [0.3, 0.4) is 0 Å². The Labute approximate surface area is 159 Å². The third kappa shape index (κ3) is 5.26. The number of amides is 1. The summed E-state index contributed by atoms with van der Waals surface area (Å²) in [6.07, 6.45) is 0. The number of nitrogens with zero attached hydrogens (tertiary/aromatic N) is 1. The lowest BCUT2D eigenvalue weighted by molar-refractivity contribution is -0.113. The fourth-order valence-electron chi connectivity index (χ4n) is 3.06. The second kappa shape index (κ2) is 9.10. The number of nitrogens with one attached hydrogen (secondary N) is 1. The number of rotatable bonds is 6. The molecule has 0 radical (unpaired) electrons. The van der Waals surface area contributed by atoms with E-state index in [0.29, 0.717) is 5.75 Å². The lowest BCUT2D eigenvalue weighted by atomic mass is 10.1. The Morgan fingerprint density at radius 3 is 2.69 bits per heavy atom. The number of ether oxygens (including phenoxy) is 1. The van der Waals surface area contributed by atoms with Crippen molar-refractivity contribution in [1.82, 2.24) is 0 Å². The number of thioether (sulfide) groups is 1. The topological polar surface area (TPSA) is 41.6 Å². The van der Waals surface area contributed by atoms with Gasteiger partial charge in [0, 0.05) is 30.2 Å². The van der Waals surface area contributed by atoms with Gasteiger partial charge in [0.2, 0.25) is 5.91 Å². The van der Waals surface area contributed by atoms with Crippen molar-refractivity contribution in [2.45, 2.75) is 19.6 Å². The zero-order valence-corrected chi connectivity index (χ0v) is 16.3. The first-order valence-corrected chi connectivity index (χ1v) is 10.1. The fraction of sp³-hybridized carbons (Fsp3) is 0.381. The minimum absolute atomic E-state index is 0.0462. The maximum atomic E-state index is 12.2. The van der Waals surface area contributed by atoms with Gasteiger partial charge in [-0.3, -0.25) is 4.79 Å². The van der Waals surface area contributed by atoms with E-state index in [9.17, 15) is 4.79 Å². The molecule has 5 heteroatoms. The maximum Gasteiger partial charge on any atom is 0.234 e. The van der Waals surface area contributed by atoms with E-state index >= 15 is 0 Å². The summed E-state index contributed by atoms with van der Waals surface area (Å²) in [6.45, 7) is 7.51. The summed E-state index contributed by atoms with van der Waals surface area (Å²) < 4.78 is 5.40. The van der Waals surface area contributed by atoms with Crippen LogP contribution in [0.5, 0.6) is 0 Å². The van der Waals surface area contributed by atoms with Gasteiger partial charge in [-0.1, -0.05) is 29.8 Å². The van der Waals surface area contributed by atoms with E-state index < -0.39 is 0 Å². The van der Waals surface area contributed by atoms with Crippen molar-refractivity contribution in [3.63, 3.8) is 0 Å². The third-order valence-electron chi connectivity index (χ3n) is 4.44. The lowest BCUT2D eigenvalue weighted by Crippen LogP contribution is -2.36. The van der Waals surface area contributed by atoms with E-state index in [0.717, 1.165) is 43.3 Å². The first-order valence-electron chi connectivity index (χ1n) is 8.98. The molecule has 0 unspecified atom stereocenters. The Kier molecular flexibility index (Phi) is 6.58. The first kappa shape index (κ1) is 18.8. The standard InChI is InChI=1S/C21H26N2O2S/c1-16-4-3-5-18(12-16)14-26-15-21(24)22-20-7-6-19(13-17(20)2)23-8-10-25-11-9-23/h3-7,12-13H,8-11,14-15H2,1-2H3,(H,22,24). The summed E-state index contributed by atoms with van der Waals surface area (Å²) >= 11 is 1.64. The molecule has 2 aromatic carbocycles. The normalized spacial score (nSPS) is 14.3. The predicted molar refractivity (Wildman–Crippen MR) is 110 cm³/mol. The smallest absolute Gasteiger partial charge is 0.234 e. The van der Waals surface area contributed by atoms with Gasteiger partial charge < -0.3 is 15.0 Å². The molecule has 0 spiro atoms. The van der Waals surface area contributed by atoms with Gasteiger partial charge in [0.25, 0.3) is 0 Å². The maximum absolute atomic E-state index is 12.2. The van der Waals surface area contributed by atoms with Gasteiger partial charge in [-0.05, 0) is 43.2 Å². The Bertz CT molecular complexity index is 757. The highest BCUT2D eigenvalue weighted by atomic mass is 32.2. The predicted octanol–water partition coefficient (Wildman–Crippen LogP) is 4.01. The first-order chi connectivity index (χ1) is 12.6. The number of aryl methyl sites for hydroxylation is 2. The minimum atomic E-state index is 0.0462. The summed E-state index contributed by atoms with van der Waals surface area (Å²) in [7, 11) is 0. The van der Waals surface area contributed by atoms with Crippen molar-refractivity contribution in [3.8, 4) is 0 Å². The van der Waals surface area contributed by atoms with E-state index in [1.54, 1.807) is 11.8 Å². The summed E-state index contributed by atoms with van der Waals surface area (Å²) in [5.74, 6) is 1.35. The Hall–Kier alpha value is -1.98. The van der Waals surface area contributed by atoms with E-state index in [1.165, 1.54) is 16.8 Å². The minimum Gasteiger partial charge on any atom is -0.378 e. The molecule has 1 N–H and O–H groups in total. The van der Waals surface area contributed by atoms with Crippen molar-refractivity contribution in [2.75, 3.05) is 42.3 Å². The van der Waals surface area contributed by atoms with Crippen LogP contribution in [0.25, 0.3) is 0 Å². The molecule has 26 heavy (non-hydrogen) atoms. The van der Waals surface area contributed by atoms with Crippen LogP contribution in [0.15, 0.2) is 42.5 Å². The molecule has 1 heterocycles. The molecule has 0 saturated carbocycles. The summed E-state index contributed by atoms with van der Waals surface area (Å²) in [6, 6.07) is 14.6. The molecule has 1 fully saturated rings. The monoisotopic (exact) mass is 370 g/mol. The van der Waals surface area contributed by atoms with Gasteiger partial charge in [-0.15, -0.1) is 11.8 Å². The summed E-state index contributed by atoms with van der Waals surface area (Å²) in [4.78, 5) is 14.6. The Morgan fingerprint density at radius 1 is 1.15 bits per heavy atom. The van der Waals surface area contributed by atoms with Gasteiger partial charge in [-0.2, -0.15) is 0 Å². The number of carbonyl (C=O) groups excluding carboxylic acids is 1. The van der Waals surface area contributed by atoms with E-state index in [2.05, 4.69) is 53.5 Å². The number of hydrogen-bond donors (Lipinski definition) is 1. The van der Waals surface area contributed by atoms with Crippen LogP contribution in [0.4, 0.5) is 11.4 Å². The van der Waals surface area contributed by atoms with Crippen LogP contribution in [-0.4, -0.2) is 38.0 Å². The van der Waals surface area contributed by atoms with Crippen LogP contribution in [0.2, 0.25) is 0 Å². The van der Waals surface area contributed by atoms with Gasteiger partial charge in [0.1, 0.15) is 0 Å². The molecule has 1 saturated heterocycles. The number of carbonyl (C=O) groups is 1. The molecule has 0 bridgehead atoms. The molecule has 1 amide bonds. The van der Waals surface area contributed by atoms with Crippen LogP contribution in [-0.2, 0) is 15.3 Å². The van der Waals surface area contributed by atoms with Gasteiger partial charge in [0.15, 0.2) is 0 Å². The van der Waals surface area contributed by atoms with Crippen molar-refractivity contribution in [2.24, 2.45) is 0 Å².